The molecule has 2 aromatic rings. The summed E-state index contributed by atoms with van der Waals surface area (Å²) in [7, 11) is -2.15. The van der Waals surface area contributed by atoms with Crippen LogP contribution in [0.5, 0.6) is 0 Å². The van der Waals surface area contributed by atoms with Gasteiger partial charge in [-0.3, -0.25) is 30.2 Å². The van der Waals surface area contributed by atoms with Crippen molar-refractivity contribution in [1.82, 2.24) is 0 Å². The van der Waals surface area contributed by atoms with Crippen LogP contribution in [-0.2, 0) is 19.7 Å². The number of nitro benzene ring substituents is 2. The monoisotopic (exact) mass is 830 g/mol. The van der Waals surface area contributed by atoms with E-state index in [0.29, 0.717) is 59.7 Å². The van der Waals surface area contributed by atoms with E-state index in [4.69, 9.17) is 18.8 Å². The Hall–Kier alpha value is -1.61. The van der Waals surface area contributed by atoms with Crippen molar-refractivity contribution in [2.45, 2.75) is 92.7 Å². The third-order valence-corrected chi connectivity index (χ3v) is 8.53. The van der Waals surface area contributed by atoms with Gasteiger partial charge in [0.1, 0.15) is 0 Å². The third kappa shape index (κ3) is 15.7. The van der Waals surface area contributed by atoms with Gasteiger partial charge >= 0.3 is 39.3 Å². The molecule has 0 aliphatic carbocycles. The second-order valence-electron chi connectivity index (χ2n) is 12.7. The summed E-state index contributed by atoms with van der Waals surface area (Å²) in [6.07, 6.45) is 2.66. The number of aryl methyl sites for hydroxylation is 4. The van der Waals surface area contributed by atoms with E-state index in [-0.39, 0.29) is 11.4 Å². The topological polar surface area (TPSA) is 129 Å². The van der Waals surface area contributed by atoms with E-state index in [1.807, 2.05) is 27.7 Å². The van der Waals surface area contributed by atoms with E-state index in [2.05, 4.69) is 67.7 Å². The zero-order valence-electron chi connectivity index (χ0n) is 27.9. The summed E-state index contributed by atoms with van der Waals surface area (Å²) in [5.41, 5.74) is 5.83. The number of rotatable bonds is 15. The van der Waals surface area contributed by atoms with Crippen molar-refractivity contribution in [3.63, 3.8) is 0 Å². The van der Waals surface area contributed by atoms with Crippen LogP contribution in [0.25, 0.3) is 0 Å². The normalized spacial score (nSPS) is 12.6. The van der Waals surface area contributed by atoms with Gasteiger partial charge in [-0.15, -0.1) is 0 Å². The Morgan fingerprint density at radius 1 is 0.689 bits per heavy atom. The van der Waals surface area contributed by atoms with Crippen LogP contribution in [0.3, 0.4) is 0 Å². The van der Waals surface area contributed by atoms with E-state index in [1.54, 1.807) is 24.3 Å². The van der Waals surface area contributed by atoms with Crippen LogP contribution in [0.4, 0.5) is 22.7 Å². The maximum absolute atomic E-state index is 11.4. The van der Waals surface area contributed by atoms with Gasteiger partial charge in [0, 0.05) is 37.5 Å². The molecule has 0 saturated heterocycles. The van der Waals surface area contributed by atoms with Crippen LogP contribution in [0.15, 0.2) is 34.3 Å². The Labute approximate surface area is 289 Å². The molecule has 15 heteroatoms. The maximum atomic E-state index is 11.4. The molecule has 2 rings (SSSR count). The summed E-state index contributed by atoms with van der Waals surface area (Å²) in [5, 5.41) is 22.9. The molecule has 0 heterocycles. The quantitative estimate of drug-likeness (QED) is 0.0578. The average molecular weight is 833 g/mol. The average Bonchev–Trinajstić information content (AvgIpc) is 2.89. The molecule has 0 aliphatic rings. The molecule has 254 valence electrons. The van der Waals surface area contributed by atoms with Crippen molar-refractivity contribution >= 4 is 79.3 Å². The second-order valence-corrected chi connectivity index (χ2v) is 26.7. The predicted molar refractivity (Wildman–Crippen MR) is 194 cm³/mol. The van der Waals surface area contributed by atoms with Crippen molar-refractivity contribution in [2.75, 3.05) is 13.2 Å². The van der Waals surface area contributed by atoms with Crippen molar-refractivity contribution in [3.05, 3.63) is 66.7 Å². The molecule has 0 radical (unpaired) electrons. The molecular formula is C30H46Br2N4NiO6Si2. The minimum absolute atomic E-state index is 0.0311. The molecule has 0 atom stereocenters. The zero-order valence-corrected chi connectivity index (χ0v) is 34.0. The van der Waals surface area contributed by atoms with Crippen molar-refractivity contribution in [3.8, 4) is 0 Å². The molecule has 45 heavy (non-hydrogen) atoms. The van der Waals surface area contributed by atoms with Crippen LogP contribution >= 0.6 is 28.5 Å². The molecule has 0 saturated carbocycles. The van der Waals surface area contributed by atoms with Crippen molar-refractivity contribution < 1.29 is 29.6 Å². The number of aliphatic imine (C=N–C) groups is 2. The Balaban J connectivity index is 0.00000324. The second kappa shape index (κ2) is 19.3. The van der Waals surface area contributed by atoms with E-state index in [0.717, 1.165) is 24.3 Å². The third-order valence-electron chi connectivity index (χ3n) is 6.39. The fourth-order valence-electron chi connectivity index (χ4n) is 4.46. The summed E-state index contributed by atoms with van der Waals surface area (Å²) in [6, 6.07) is 6.17. The number of nitro groups is 2. The van der Waals surface area contributed by atoms with Gasteiger partial charge in [0.25, 0.3) is 11.4 Å². The Morgan fingerprint density at radius 3 is 1.18 bits per heavy atom. The molecule has 2 aromatic carbocycles. The van der Waals surface area contributed by atoms with Gasteiger partial charge in [-0.2, -0.15) is 0 Å². The van der Waals surface area contributed by atoms with E-state index >= 15 is 0 Å². The number of nitrogens with zero attached hydrogens (tertiary/aromatic N) is 4. The molecule has 0 unspecified atom stereocenters. The summed E-state index contributed by atoms with van der Waals surface area (Å²) >= 11 is 6.00. The summed E-state index contributed by atoms with van der Waals surface area (Å²) in [4.78, 5) is 32.3. The first-order valence-electron chi connectivity index (χ1n) is 14.6. The Morgan fingerprint density at radius 2 is 0.956 bits per heavy atom. The molecule has 0 spiro atoms. The molecule has 10 nitrogen and oxygen atoms in total. The van der Waals surface area contributed by atoms with E-state index in [1.165, 1.54) is 10.9 Å². The summed E-state index contributed by atoms with van der Waals surface area (Å²) in [6.45, 7) is 21.4. The number of halogens is 2. The Kier molecular flexibility index (Phi) is 17.7. The molecule has 0 aromatic heterocycles. The van der Waals surface area contributed by atoms with Crippen LogP contribution in [0, 0.1) is 47.9 Å². The molecular weight excluding hydrogens is 787 g/mol. The fourth-order valence-corrected chi connectivity index (χ4v) is 5.98. The SMILES string of the molecule is Cc1cc([N+](=O)[O-])cc(C)c1N=C(CCCO[Si](C)(C)C)C(CCCO[Si](C)(C)C)=Nc1c(C)cc([N+](=O)[O-])cc1C.[Br][Ni][Br]. The van der Waals surface area contributed by atoms with E-state index < -0.39 is 26.5 Å². The van der Waals surface area contributed by atoms with Crippen LogP contribution < -0.4 is 0 Å². The van der Waals surface area contributed by atoms with Gasteiger partial charge in [-0.1, -0.05) is 0 Å². The number of non-ortho nitro benzene ring substituents is 2. The van der Waals surface area contributed by atoms with Gasteiger partial charge in [0.15, 0.2) is 16.6 Å². The molecule has 0 fully saturated rings. The van der Waals surface area contributed by atoms with Crippen LogP contribution in [0.1, 0.15) is 47.9 Å². The predicted octanol–water partition coefficient (Wildman–Crippen LogP) is 10.5. The fraction of sp³-hybridized carbons (Fsp3) is 0.533. The van der Waals surface area contributed by atoms with Gasteiger partial charge in [-0.25, -0.2) is 0 Å². The van der Waals surface area contributed by atoms with Crippen molar-refractivity contribution in [2.24, 2.45) is 9.98 Å². The number of hydrogen-bond donors (Lipinski definition) is 0. The Bertz CT molecular complexity index is 1250. The standard InChI is InChI=1S/C30H46N4O6Si2.2BrH.Ni/c1-21-17-25(33(35)36)18-22(2)29(21)31-27(13-11-15-39-41(5,6)7)28(14-12-16-40-42(8,9)10)32-30-23(3)19-26(34(37)38)20-24(30)4;;;/h17-20H,11-16H2,1-10H3;2*1H;/q;;;+2/p-2. The summed E-state index contributed by atoms with van der Waals surface area (Å²) < 4.78 is 12.2. The first kappa shape index (κ1) is 41.4. The minimum atomic E-state index is -1.70. The molecule has 0 aliphatic heterocycles. The van der Waals surface area contributed by atoms with Crippen LogP contribution in [-0.4, -0.2) is 51.1 Å². The molecule has 0 amide bonds. The molecule has 0 N–H and O–H groups in total. The first-order valence-corrected chi connectivity index (χ1v) is 26.3. The number of benzene rings is 2. The molecule has 0 bridgehead atoms. The number of hydrogen-bond acceptors (Lipinski definition) is 8. The van der Waals surface area contributed by atoms with Gasteiger partial charge < -0.3 is 8.85 Å². The van der Waals surface area contributed by atoms with Gasteiger partial charge in [0.05, 0.1) is 32.6 Å². The summed E-state index contributed by atoms with van der Waals surface area (Å²) in [5.74, 6) is 0. The van der Waals surface area contributed by atoms with Crippen molar-refractivity contribution in [1.29, 1.82) is 0 Å². The van der Waals surface area contributed by atoms with Gasteiger partial charge in [-0.05, 0) is 115 Å². The van der Waals surface area contributed by atoms with Crippen LogP contribution in [0.2, 0.25) is 39.3 Å². The first-order chi connectivity index (χ1) is 20.8. The van der Waals surface area contributed by atoms with Gasteiger partial charge in [0.2, 0.25) is 0 Å². The van der Waals surface area contributed by atoms with E-state index in [9.17, 15) is 20.2 Å². The zero-order chi connectivity index (χ0) is 34.5.